The van der Waals surface area contributed by atoms with Gasteiger partial charge >= 0.3 is 5.69 Å². The summed E-state index contributed by atoms with van der Waals surface area (Å²) in [5.41, 5.74) is 5.97. The zero-order valence-corrected chi connectivity index (χ0v) is 20.4. The highest BCUT2D eigenvalue weighted by Gasteiger charge is 2.31. The van der Waals surface area contributed by atoms with Gasteiger partial charge in [0.2, 0.25) is 0 Å². The molecule has 172 valence electrons. The summed E-state index contributed by atoms with van der Waals surface area (Å²) in [7, 11) is 3.46. The van der Waals surface area contributed by atoms with Gasteiger partial charge in [0.05, 0.1) is 22.4 Å². The summed E-state index contributed by atoms with van der Waals surface area (Å²) < 4.78 is 1.55. The molecule has 1 N–H and O–H groups in total. The zero-order chi connectivity index (χ0) is 24.1. The summed E-state index contributed by atoms with van der Waals surface area (Å²) in [5, 5.41) is 1.18. The first-order valence-electron chi connectivity index (χ1n) is 10.8. The maximum Gasteiger partial charge on any atom is 0.326 e. The molecule has 6 nitrogen and oxygen atoms in total. The molecule has 5 rings (SSSR count). The number of halogens is 2. The third kappa shape index (κ3) is 3.73. The topological polar surface area (TPSA) is 70.5 Å². The first-order valence-corrected chi connectivity index (χ1v) is 11.6. The largest absolute Gasteiger partial charge is 0.326 e. The number of aromatic nitrogens is 2. The van der Waals surface area contributed by atoms with Crippen molar-refractivity contribution in [2.24, 2.45) is 12.0 Å². The van der Waals surface area contributed by atoms with Crippen LogP contribution < -0.4 is 10.6 Å². The second-order valence-corrected chi connectivity index (χ2v) is 9.34. The van der Waals surface area contributed by atoms with Crippen molar-refractivity contribution in [1.82, 2.24) is 9.55 Å². The van der Waals surface area contributed by atoms with Crippen LogP contribution in [-0.2, 0) is 18.3 Å². The van der Waals surface area contributed by atoms with Crippen LogP contribution in [0.1, 0.15) is 22.3 Å². The Morgan fingerprint density at radius 1 is 1.03 bits per heavy atom. The molecule has 0 radical (unpaired) electrons. The molecule has 1 aromatic heterocycles. The van der Waals surface area contributed by atoms with E-state index in [1.807, 2.05) is 55.5 Å². The highest BCUT2D eigenvalue weighted by molar-refractivity contribution is 6.32. The minimum absolute atomic E-state index is 0.134. The molecule has 0 saturated carbocycles. The average Bonchev–Trinajstić information content (AvgIpc) is 3.05. The Labute approximate surface area is 206 Å². The van der Waals surface area contributed by atoms with Crippen LogP contribution in [0.5, 0.6) is 0 Å². The smallest absolute Gasteiger partial charge is 0.313 e. The Morgan fingerprint density at radius 3 is 2.62 bits per heavy atom. The molecule has 4 aromatic rings. The van der Waals surface area contributed by atoms with E-state index in [2.05, 4.69) is 4.98 Å². The number of aromatic amines is 1. The van der Waals surface area contributed by atoms with Crippen LogP contribution in [0.15, 0.2) is 64.4 Å². The molecule has 3 aromatic carbocycles. The monoisotopic (exact) mass is 492 g/mol. The van der Waals surface area contributed by atoms with Crippen molar-refractivity contribution in [3.05, 3.63) is 97.4 Å². The van der Waals surface area contributed by atoms with Gasteiger partial charge in [-0.3, -0.25) is 14.4 Å². The Kier molecular flexibility index (Phi) is 5.58. The van der Waals surface area contributed by atoms with Crippen LogP contribution in [0.3, 0.4) is 0 Å². The number of benzodiazepines with no additional fused rings is 1. The molecular formula is C26H22Cl2N4O2. The number of fused-ring (bicyclic) bond motifs is 2. The van der Waals surface area contributed by atoms with Crippen LogP contribution >= 0.6 is 23.2 Å². The van der Waals surface area contributed by atoms with Crippen molar-refractivity contribution in [3.63, 3.8) is 0 Å². The lowest BCUT2D eigenvalue weighted by Gasteiger charge is -2.21. The molecule has 0 spiro atoms. The maximum absolute atomic E-state index is 13.5. The first-order chi connectivity index (χ1) is 16.2. The SMILES string of the molecule is Cc1cccc(CC2N=C(c3ccc4c(c3)[nH]c(=O)n4C)c3cc(Cl)ccc3N(C)C2=O)c1Cl. The molecule has 0 saturated heterocycles. The number of anilines is 1. The lowest BCUT2D eigenvalue weighted by Crippen LogP contribution is -2.36. The van der Waals surface area contributed by atoms with Gasteiger partial charge in [0, 0.05) is 41.7 Å². The number of hydrogen-bond donors (Lipinski definition) is 1. The number of nitrogens with zero attached hydrogens (tertiary/aromatic N) is 3. The number of benzene rings is 3. The van der Waals surface area contributed by atoms with E-state index < -0.39 is 6.04 Å². The van der Waals surface area contributed by atoms with E-state index in [9.17, 15) is 9.59 Å². The summed E-state index contributed by atoms with van der Waals surface area (Å²) >= 11 is 12.9. The summed E-state index contributed by atoms with van der Waals surface area (Å²) in [4.78, 5) is 35.1. The third-order valence-corrected chi connectivity index (χ3v) is 7.11. The highest BCUT2D eigenvalue weighted by atomic mass is 35.5. The fourth-order valence-corrected chi connectivity index (χ4v) is 4.81. The van der Waals surface area contributed by atoms with Crippen LogP contribution in [-0.4, -0.2) is 34.3 Å². The van der Waals surface area contributed by atoms with Gasteiger partial charge in [-0.05, 0) is 48.4 Å². The molecule has 2 heterocycles. The second kappa shape index (κ2) is 8.46. The number of nitrogens with one attached hydrogen (secondary N) is 1. The van der Waals surface area contributed by atoms with E-state index in [1.54, 1.807) is 29.6 Å². The van der Waals surface area contributed by atoms with Crippen LogP contribution in [0.4, 0.5) is 5.69 Å². The first kappa shape index (κ1) is 22.4. The molecule has 8 heteroatoms. The summed E-state index contributed by atoms with van der Waals surface area (Å²) in [6.45, 7) is 1.94. The zero-order valence-electron chi connectivity index (χ0n) is 18.9. The average molecular weight is 493 g/mol. The minimum Gasteiger partial charge on any atom is -0.313 e. The minimum atomic E-state index is -0.684. The predicted octanol–water partition coefficient (Wildman–Crippen LogP) is 4.91. The summed E-state index contributed by atoms with van der Waals surface area (Å²) in [5.74, 6) is -0.134. The lowest BCUT2D eigenvalue weighted by atomic mass is 9.99. The number of aryl methyl sites for hydroxylation is 2. The number of hydrogen-bond acceptors (Lipinski definition) is 3. The van der Waals surface area contributed by atoms with Crippen molar-refractivity contribution >= 4 is 51.5 Å². The van der Waals surface area contributed by atoms with E-state index in [4.69, 9.17) is 28.2 Å². The lowest BCUT2D eigenvalue weighted by molar-refractivity contribution is -0.119. The molecule has 0 aliphatic carbocycles. The number of aliphatic imine (C=N–C) groups is 1. The van der Waals surface area contributed by atoms with Gasteiger partial charge in [0.1, 0.15) is 6.04 Å². The molecular weight excluding hydrogens is 471 g/mol. The molecule has 1 aliphatic heterocycles. The van der Waals surface area contributed by atoms with E-state index in [0.717, 1.165) is 27.8 Å². The number of H-pyrrole nitrogens is 1. The number of rotatable bonds is 3. The normalized spacial score (nSPS) is 15.9. The van der Waals surface area contributed by atoms with Crippen molar-refractivity contribution < 1.29 is 4.79 Å². The molecule has 1 atom stereocenters. The Bertz CT molecular complexity index is 1550. The van der Waals surface area contributed by atoms with Gasteiger partial charge < -0.3 is 9.88 Å². The van der Waals surface area contributed by atoms with E-state index in [-0.39, 0.29) is 11.6 Å². The quantitative estimate of drug-likeness (QED) is 0.441. The Balaban J connectivity index is 1.71. The van der Waals surface area contributed by atoms with Crippen LogP contribution in [0.25, 0.3) is 11.0 Å². The van der Waals surface area contributed by atoms with Crippen molar-refractivity contribution in [2.45, 2.75) is 19.4 Å². The van der Waals surface area contributed by atoms with Gasteiger partial charge in [-0.25, -0.2) is 4.79 Å². The van der Waals surface area contributed by atoms with Gasteiger partial charge in [-0.15, -0.1) is 0 Å². The Hall–Kier alpha value is -3.35. The molecule has 0 fully saturated rings. The van der Waals surface area contributed by atoms with E-state index in [1.165, 1.54) is 0 Å². The van der Waals surface area contributed by atoms with E-state index in [0.29, 0.717) is 33.4 Å². The third-order valence-electron chi connectivity index (χ3n) is 6.34. The van der Waals surface area contributed by atoms with Crippen molar-refractivity contribution in [1.29, 1.82) is 0 Å². The van der Waals surface area contributed by atoms with Gasteiger partial charge in [0.15, 0.2) is 0 Å². The predicted molar refractivity (Wildman–Crippen MR) is 138 cm³/mol. The number of likely N-dealkylation sites (N-methyl/N-ethyl adjacent to an activating group) is 1. The van der Waals surface area contributed by atoms with E-state index >= 15 is 0 Å². The van der Waals surface area contributed by atoms with Crippen LogP contribution in [0.2, 0.25) is 10.0 Å². The molecule has 1 unspecified atom stereocenters. The van der Waals surface area contributed by atoms with Gasteiger partial charge in [0.25, 0.3) is 5.91 Å². The molecule has 1 aliphatic rings. The summed E-state index contributed by atoms with van der Waals surface area (Å²) in [6, 6.07) is 16.2. The molecule has 34 heavy (non-hydrogen) atoms. The van der Waals surface area contributed by atoms with Gasteiger partial charge in [-0.2, -0.15) is 0 Å². The fraction of sp³-hybridized carbons (Fsp3) is 0.192. The standard InChI is InChI=1S/C26H22Cl2N4O2/c1-14-5-4-6-15(23(14)28)11-20-25(33)31(2)21-10-8-17(27)13-18(21)24(29-20)16-7-9-22-19(12-16)30-26(34)32(22)3/h4-10,12-13,20H,11H2,1-3H3,(H,30,34). The van der Waals surface area contributed by atoms with Crippen LogP contribution in [0, 0.1) is 6.92 Å². The molecule has 0 bridgehead atoms. The highest BCUT2D eigenvalue weighted by Crippen LogP contribution is 2.32. The van der Waals surface area contributed by atoms with Gasteiger partial charge in [-0.1, -0.05) is 47.5 Å². The Morgan fingerprint density at radius 2 is 1.82 bits per heavy atom. The number of imidazole rings is 1. The summed E-state index contributed by atoms with van der Waals surface area (Å²) in [6.07, 6.45) is 0.360. The second-order valence-electron chi connectivity index (χ2n) is 8.53. The number of amides is 1. The number of carbonyl (C=O) groups is 1. The fourth-order valence-electron chi connectivity index (χ4n) is 4.43. The van der Waals surface area contributed by atoms with Crippen molar-refractivity contribution in [2.75, 3.05) is 11.9 Å². The molecule has 1 amide bonds. The number of carbonyl (C=O) groups excluding carboxylic acids is 1. The van der Waals surface area contributed by atoms with Crippen molar-refractivity contribution in [3.8, 4) is 0 Å². The maximum atomic E-state index is 13.5.